The molecule has 2 rings (SSSR count). The van der Waals surface area contributed by atoms with Crippen LogP contribution in [0.15, 0.2) is 42.7 Å². The van der Waals surface area contributed by atoms with E-state index in [1.165, 1.54) is 5.56 Å². The fourth-order valence-corrected chi connectivity index (χ4v) is 2.38. The zero-order valence-corrected chi connectivity index (χ0v) is 11.6. The van der Waals surface area contributed by atoms with Crippen LogP contribution < -0.4 is 5.73 Å². The number of hydrogen-bond donors (Lipinski definition) is 1. The molecule has 0 radical (unpaired) electrons. The molecular weight excluding hydrogens is 234 g/mol. The summed E-state index contributed by atoms with van der Waals surface area (Å²) in [5.41, 5.74) is 7.63. The fourth-order valence-electron chi connectivity index (χ4n) is 2.38. The van der Waals surface area contributed by atoms with Crippen molar-refractivity contribution in [3.05, 3.63) is 54.1 Å². The van der Waals surface area contributed by atoms with Crippen molar-refractivity contribution < 1.29 is 0 Å². The summed E-state index contributed by atoms with van der Waals surface area (Å²) in [5, 5.41) is 0. The molecule has 0 bridgehead atoms. The number of aryl methyl sites for hydroxylation is 2. The first-order chi connectivity index (χ1) is 9.31. The lowest BCUT2D eigenvalue weighted by molar-refractivity contribution is 0.534. The molecule has 102 valence electrons. The summed E-state index contributed by atoms with van der Waals surface area (Å²) in [7, 11) is 0. The van der Waals surface area contributed by atoms with Crippen LogP contribution in [-0.4, -0.2) is 9.55 Å². The molecule has 1 atom stereocenters. The Morgan fingerprint density at radius 2 is 2.05 bits per heavy atom. The van der Waals surface area contributed by atoms with Crippen LogP contribution in [0.5, 0.6) is 0 Å². The highest BCUT2D eigenvalue weighted by atomic mass is 15.1. The van der Waals surface area contributed by atoms with Crippen LogP contribution in [0.1, 0.15) is 43.6 Å². The molecule has 0 saturated heterocycles. The predicted molar refractivity (Wildman–Crippen MR) is 78.8 cm³/mol. The molecule has 3 nitrogen and oxygen atoms in total. The molecule has 1 heterocycles. The van der Waals surface area contributed by atoms with Crippen LogP contribution in [0.3, 0.4) is 0 Å². The molecule has 1 aromatic heterocycles. The van der Waals surface area contributed by atoms with Crippen LogP contribution >= 0.6 is 0 Å². The molecule has 0 aliphatic heterocycles. The molecule has 19 heavy (non-hydrogen) atoms. The van der Waals surface area contributed by atoms with E-state index >= 15 is 0 Å². The van der Waals surface area contributed by atoms with Gasteiger partial charge in [-0.25, -0.2) is 4.98 Å². The van der Waals surface area contributed by atoms with Crippen molar-refractivity contribution in [1.82, 2.24) is 9.55 Å². The minimum Gasteiger partial charge on any atom is -0.334 e. The van der Waals surface area contributed by atoms with Crippen molar-refractivity contribution in [2.45, 2.75) is 45.2 Å². The Kier molecular flexibility index (Phi) is 5.16. The van der Waals surface area contributed by atoms with Crippen molar-refractivity contribution in [1.29, 1.82) is 0 Å². The standard InChI is InChI=1S/C16H23N3/c1-2-12-19-13-11-18-16(19)15(17)10-6-9-14-7-4-3-5-8-14/h3-5,7-8,11,13,15H,2,6,9-10,12,17H2,1H3. The highest BCUT2D eigenvalue weighted by Gasteiger charge is 2.11. The van der Waals surface area contributed by atoms with Crippen molar-refractivity contribution in [3.63, 3.8) is 0 Å². The summed E-state index contributed by atoms with van der Waals surface area (Å²) in [6.45, 7) is 3.17. The quantitative estimate of drug-likeness (QED) is 0.827. The summed E-state index contributed by atoms with van der Waals surface area (Å²) in [6.07, 6.45) is 8.15. The number of nitrogens with two attached hydrogens (primary N) is 1. The number of aromatic nitrogens is 2. The van der Waals surface area contributed by atoms with Crippen LogP contribution in [0, 0.1) is 0 Å². The molecule has 1 aromatic carbocycles. The van der Waals surface area contributed by atoms with E-state index in [0.717, 1.165) is 38.1 Å². The van der Waals surface area contributed by atoms with Gasteiger partial charge in [0.25, 0.3) is 0 Å². The van der Waals surface area contributed by atoms with E-state index < -0.39 is 0 Å². The molecule has 3 heteroatoms. The fraction of sp³-hybridized carbons (Fsp3) is 0.438. The van der Waals surface area contributed by atoms with Crippen molar-refractivity contribution in [2.75, 3.05) is 0 Å². The lowest BCUT2D eigenvalue weighted by atomic mass is 10.0. The van der Waals surface area contributed by atoms with E-state index in [0.29, 0.717) is 0 Å². The average molecular weight is 257 g/mol. The van der Waals surface area contributed by atoms with Gasteiger partial charge in [-0.3, -0.25) is 0 Å². The minimum absolute atomic E-state index is 0.0465. The Hall–Kier alpha value is -1.61. The normalized spacial score (nSPS) is 12.5. The summed E-state index contributed by atoms with van der Waals surface area (Å²) in [5.74, 6) is 1.02. The Balaban J connectivity index is 1.84. The van der Waals surface area contributed by atoms with E-state index in [1.54, 1.807) is 0 Å². The lowest BCUT2D eigenvalue weighted by Gasteiger charge is -2.13. The molecule has 0 aliphatic carbocycles. The molecule has 0 spiro atoms. The second-order valence-corrected chi connectivity index (χ2v) is 4.96. The predicted octanol–water partition coefficient (Wildman–Crippen LogP) is 3.32. The molecule has 0 saturated carbocycles. The Morgan fingerprint density at radius 1 is 1.26 bits per heavy atom. The monoisotopic (exact) mass is 257 g/mol. The van der Waals surface area contributed by atoms with Crippen molar-refractivity contribution in [2.24, 2.45) is 5.73 Å². The van der Waals surface area contributed by atoms with E-state index in [2.05, 4.69) is 46.8 Å². The zero-order valence-electron chi connectivity index (χ0n) is 11.6. The Bertz CT molecular complexity index is 476. The Labute approximate surface area is 115 Å². The molecule has 0 aliphatic rings. The van der Waals surface area contributed by atoms with Gasteiger partial charge in [0.1, 0.15) is 5.82 Å². The average Bonchev–Trinajstić information content (AvgIpc) is 2.89. The largest absolute Gasteiger partial charge is 0.334 e. The van der Waals surface area contributed by atoms with Crippen molar-refractivity contribution >= 4 is 0 Å². The maximum Gasteiger partial charge on any atom is 0.125 e. The first-order valence-corrected chi connectivity index (χ1v) is 7.11. The van der Waals surface area contributed by atoms with Crippen LogP contribution in [-0.2, 0) is 13.0 Å². The van der Waals surface area contributed by atoms with Gasteiger partial charge in [0.15, 0.2) is 0 Å². The van der Waals surface area contributed by atoms with Gasteiger partial charge in [-0.05, 0) is 31.2 Å². The van der Waals surface area contributed by atoms with E-state index in [9.17, 15) is 0 Å². The summed E-state index contributed by atoms with van der Waals surface area (Å²) in [6, 6.07) is 10.6. The van der Waals surface area contributed by atoms with Crippen LogP contribution in [0.4, 0.5) is 0 Å². The molecule has 2 aromatic rings. The SMILES string of the molecule is CCCn1ccnc1C(N)CCCc1ccccc1. The number of hydrogen-bond acceptors (Lipinski definition) is 2. The number of rotatable bonds is 7. The molecule has 2 N–H and O–H groups in total. The lowest BCUT2D eigenvalue weighted by Crippen LogP contribution is -2.16. The molecular formula is C16H23N3. The van der Waals surface area contributed by atoms with Crippen molar-refractivity contribution in [3.8, 4) is 0 Å². The summed E-state index contributed by atoms with van der Waals surface area (Å²) in [4.78, 5) is 4.40. The highest BCUT2D eigenvalue weighted by Crippen LogP contribution is 2.16. The van der Waals surface area contributed by atoms with Gasteiger partial charge in [0, 0.05) is 18.9 Å². The number of imidazole rings is 1. The van der Waals surface area contributed by atoms with Crippen LogP contribution in [0.2, 0.25) is 0 Å². The van der Waals surface area contributed by atoms with Gasteiger partial charge in [0.05, 0.1) is 6.04 Å². The van der Waals surface area contributed by atoms with Gasteiger partial charge < -0.3 is 10.3 Å². The maximum absolute atomic E-state index is 6.25. The number of nitrogens with zero attached hydrogens (tertiary/aromatic N) is 2. The minimum atomic E-state index is 0.0465. The van der Waals surface area contributed by atoms with Gasteiger partial charge in [-0.15, -0.1) is 0 Å². The topological polar surface area (TPSA) is 43.8 Å². The first kappa shape index (κ1) is 13.8. The molecule has 1 unspecified atom stereocenters. The van der Waals surface area contributed by atoms with Gasteiger partial charge in [0.2, 0.25) is 0 Å². The second kappa shape index (κ2) is 7.10. The smallest absolute Gasteiger partial charge is 0.125 e. The number of benzene rings is 1. The third kappa shape index (κ3) is 3.93. The third-order valence-electron chi connectivity index (χ3n) is 3.37. The Morgan fingerprint density at radius 3 is 2.79 bits per heavy atom. The highest BCUT2D eigenvalue weighted by molar-refractivity contribution is 5.14. The molecule has 0 fully saturated rings. The third-order valence-corrected chi connectivity index (χ3v) is 3.37. The second-order valence-electron chi connectivity index (χ2n) is 4.96. The first-order valence-electron chi connectivity index (χ1n) is 7.11. The van der Waals surface area contributed by atoms with Crippen LogP contribution in [0.25, 0.3) is 0 Å². The van der Waals surface area contributed by atoms with E-state index in [-0.39, 0.29) is 6.04 Å². The van der Waals surface area contributed by atoms with Gasteiger partial charge in [-0.2, -0.15) is 0 Å². The molecule has 0 amide bonds. The van der Waals surface area contributed by atoms with Gasteiger partial charge >= 0.3 is 0 Å². The summed E-state index contributed by atoms with van der Waals surface area (Å²) >= 11 is 0. The zero-order chi connectivity index (χ0) is 13.5. The van der Waals surface area contributed by atoms with E-state index in [1.807, 2.05) is 12.4 Å². The summed E-state index contributed by atoms with van der Waals surface area (Å²) < 4.78 is 2.17. The van der Waals surface area contributed by atoms with E-state index in [4.69, 9.17) is 5.73 Å². The maximum atomic E-state index is 6.25. The van der Waals surface area contributed by atoms with Gasteiger partial charge in [-0.1, -0.05) is 37.3 Å².